The topological polar surface area (TPSA) is 109 Å². The molecule has 0 spiro atoms. The summed E-state index contributed by atoms with van der Waals surface area (Å²) in [6.45, 7) is 0.0541. The summed E-state index contributed by atoms with van der Waals surface area (Å²) in [5.74, 6) is 0. The summed E-state index contributed by atoms with van der Waals surface area (Å²) >= 11 is 0. The second-order valence-corrected chi connectivity index (χ2v) is 2.54. The molecule has 0 unspecified atom stereocenters. The van der Waals surface area contributed by atoms with E-state index in [0.29, 0.717) is 5.69 Å². The Morgan fingerprint density at radius 2 is 2.29 bits per heavy atom. The quantitative estimate of drug-likeness (QED) is 0.580. The van der Waals surface area contributed by atoms with Gasteiger partial charge in [-0.2, -0.15) is 20.4 Å². The molecule has 14 heavy (non-hydrogen) atoms. The molecular formula is C6H6N6O2. The van der Waals surface area contributed by atoms with Gasteiger partial charge in [0.05, 0.1) is 12.7 Å². The normalized spacial score (nSPS) is 10.3. The van der Waals surface area contributed by atoms with Crippen molar-refractivity contribution >= 4 is 0 Å². The van der Waals surface area contributed by atoms with Crippen molar-refractivity contribution in [3.05, 3.63) is 39.2 Å². The first-order valence-electron chi connectivity index (χ1n) is 3.76. The van der Waals surface area contributed by atoms with Gasteiger partial charge in [-0.1, -0.05) is 0 Å². The van der Waals surface area contributed by atoms with E-state index in [-0.39, 0.29) is 6.54 Å². The lowest BCUT2D eigenvalue weighted by Crippen LogP contribution is -2.36. The fourth-order valence-electron chi connectivity index (χ4n) is 0.980. The van der Waals surface area contributed by atoms with Crippen LogP contribution in [0, 0.1) is 0 Å². The Labute approximate surface area is 76.6 Å². The number of aromatic nitrogens is 6. The first-order chi connectivity index (χ1) is 6.77. The molecule has 0 fully saturated rings. The predicted octanol–water partition coefficient (Wildman–Crippen LogP) is -1.90. The van der Waals surface area contributed by atoms with Gasteiger partial charge in [-0.3, -0.25) is 4.98 Å². The van der Waals surface area contributed by atoms with Crippen molar-refractivity contribution in [2.75, 3.05) is 0 Å². The summed E-state index contributed by atoms with van der Waals surface area (Å²) in [5, 5.41) is 9.65. The van der Waals surface area contributed by atoms with Gasteiger partial charge in [-0.15, -0.1) is 0 Å². The summed E-state index contributed by atoms with van der Waals surface area (Å²) in [6, 6.07) is 0. The molecule has 2 aromatic rings. The van der Waals surface area contributed by atoms with Gasteiger partial charge in [0.2, 0.25) is 0 Å². The zero-order valence-corrected chi connectivity index (χ0v) is 6.97. The molecule has 2 aromatic heterocycles. The summed E-state index contributed by atoms with van der Waals surface area (Å²) in [6.07, 6.45) is 2.49. The molecule has 0 aliphatic carbocycles. The van der Waals surface area contributed by atoms with Gasteiger partial charge in [0.15, 0.2) is 0 Å². The van der Waals surface area contributed by atoms with E-state index >= 15 is 0 Å². The van der Waals surface area contributed by atoms with Crippen LogP contribution in [0.15, 0.2) is 22.1 Å². The highest BCUT2D eigenvalue weighted by molar-refractivity contribution is 4.91. The van der Waals surface area contributed by atoms with E-state index < -0.39 is 11.4 Å². The van der Waals surface area contributed by atoms with Gasteiger partial charge < -0.3 is 0 Å². The minimum absolute atomic E-state index is 0.0541. The van der Waals surface area contributed by atoms with Gasteiger partial charge in [0.1, 0.15) is 12.0 Å². The summed E-state index contributed by atoms with van der Waals surface area (Å²) in [5.41, 5.74) is -0.643. The molecule has 0 bridgehead atoms. The maximum absolute atomic E-state index is 11.2. The average Bonchev–Trinajstić information content (AvgIpc) is 2.64. The van der Waals surface area contributed by atoms with Gasteiger partial charge in [-0.25, -0.2) is 14.2 Å². The van der Waals surface area contributed by atoms with Gasteiger partial charge in [-0.05, 0) is 0 Å². The third-order valence-corrected chi connectivity index (χ3v) is 1.62. The summed E-state index contributed by atoms with van der Waals surface area (Å²) in [4.78, 5) is 28.0. The number of aromatic amines is 2. The number of nitrogens with zero attached hydrogens (tertiary/aromatic N) is 4. The van der Waals surface area contributed by atoms with E-state index in [1.165, 1.54) is 6.20 Å². The van der Waals surface area contributed by atoms with Crippen LogP contribution in [0.4, 0.5) is 0 Å². The van der Waals surface area contributed by atoms with Gasteiger partial charge in [0, 0.05) is 0 Å². The molecule has 0 aromatic carbocycles. The zero-order valence-electron chi connectivity index (χ0n) is 6.97. The number of hydrogen-bond acceptors (Lipinski definition) is 5. The van der Waals surface area contributed by atoms with Crippen molar-refractivity contribution < 1.29 is 0 Å². The van der Waals surface area contributed by atoms with Crippen molar-refractivity contribution in [1.82, 2.24) is 29.9 Å². The standard InChI is InChI=1S/C6H6N6O2/c13-5-7-3-8-6(14)12(5)2-4-1-9-11-10-4/h1,3H,2H2,(H,9,10,11)(H,7,8,13,14). The Morgan fingerprint density at radius 1 is 1.43 bits per heavy atom. The van der Waals surface area contributed by atoms with Crippen LogP contribution in [-0.2, 0) is 6.54 Å². The molecule has 8 heteroatoms. The van der Waals surface area contributed by atoms with Crippen LogP contribution >= 0.6 is 0 Å². The lowest BCUT2D eigenvalue weighted by molar-refractivity contribution is 0.651. The molecule has 0 atom stereocenters. The van der Waals surface area contributed by atoms with Crippen LogP contribution in [0.1, 0.15) is 5.69 Å². The Bertz CT molecular complexity index is 495. The lowest BCUT2D eigenvalue weighted by Gasteiger charge is -1.97. The Kier molecular flexibility index (Phi) is 1.94. The highest BCUT2D eigenvalue weighted by atomic mass is 16.2. The minimum Gasteiger partial charge on any atom is -0.298 e. The molecule has 72 valence electrons. The monoisotopic (exact) mass is 194 g/mol. The summed E-state index contributed by atoms with van der Waals surface area (Å²) in [7, 11) is 0. The molecule has 0 saturated heterocycles. The number of rotatable bonds is 2. The van der Waals surface area contributed by atoms with E-state index in [9.17, 15) is 9.59 Å². The molecule has 0 radical (unpaired) electrons. The fourth-order valence-corrected chi connectivity index (χ4v) is 0.980. The molecule has 0 saturated carbocycles. The highest BCUT2D eigenvalue weighted by Crippen LogP contribution is 1.87. The molecule has 2 heterocycles. The number of H-pyrrole nitrogens is 2. The maximum atomic E-state index is 11.2. The Hall–Kier alpha value is -2.25. The van der Waals surface area contributed by atoms with E-state index in [4.69, 9.17) is 0 Å². The van der Waals surface area contributed by atoms with Crippen molar-refractivity contribution in [1.29, 1.82) is 0 Å². The number of nitrogens with one attached hydrogen (secondary N) is 2. The second kappa shape index (κ2) is 3.24. The van der Waals surface area contributed by atoms with Crippen LogP contribution in [-0.4, -0.2) is 29.9 Å². The largest absolute Gasteiger partial charge is 0.353 e. The third-order valence-electron chi connectivity index (χ3n) is 1.62. The van der Waals surface area contributed by atoms with E-state index in [2.05, 4.69) is 25.4 Å². The fraction of sp³-hybridized carbons (Fsp3) is 0.167. The van der Waals surface area contributed by atoms with Crippen LogP contribution in [0.25, 0.3) is 0 Å². The van der Waals surface area contributed by atoms with Crippen molar-refractivity contribution in [2.45, 2.75) is 6.54 Å². The summed E-state index contributed by atoms with van der Waals surface area (Å²) < 4.78 is 0.928. The molecule has 2 N–H and O–H groups in total. The Balaban J connectivity index is 2.43. The van der Waals surface area contributed by atoms with Gasteiger partial charge in [0.25, 0.3) is 0 Å². The zero-order chi connectivity index (χ0) is 9.97. The molecule has 0 aliphatic rings. The van der Waals surface area contributed by atoms with Crippen LogP contribution < -0.4 is 11.4 Å². The minimum atomic E-state index is -0.614. The van der Waals surface area contributed by atoms with Crippen molar-refractivity contribution in [3.63, 3.8) is 0 Å². The molecular weight excluding hydrogens is 188 g/mol. The SMILES string of the molecule is O=c1nc[nH]c(=O)n1Cc1cn[nH]n1. The van der Waals surface area contributed by atoms with Gasteiger partial charge >= 0.3 is 11.4 Å². The lowest BCUT2D eigenvalue weighted by atomic mass is 10.5. The predicted molar refractivity (Wildman–Crippen MR) is 44.6 cm³/mol. The van der Waals surface area contributed by atoms with E-state index in [0.717, 1.165) is 10.9 Å². The number of hydrogen-bond donors (Lipinski definition) is 2. The molecule has 8 nitrogen and oxygen atoms in total. The molecule has 0 amide bonds. The van der Waals surface area contributed by atoms with Crippen LogP contribution in [0.3, 0.4) is 0 Å². The van der Waals surface area contributed by atoms with Crippen molar-refractivity contribution in [3.8, 4) is 0 Å². The van der Waals surface area contributed by atoms with E-state index in [1.807, 2.05) is 0 Å². The second-order valence-electron chi connectivity index (χ2n) is 2.54. The molecule has 2 rings (SSSR count). The van der Waals surface area contributed by atoms with E-state index in [1.54, 1.807) is 0 Å². The highest BCUT2D eigenvalue weighted by Gasteiger charge is 2.03. The first kappa shape index (κ1) is 8.35. The van der Waals surface area contributed by atoms with Crippen LogP contribution in [0.5, 0.6) is 0 Å². The van der Waals surface area contributed by atoms with Crippen LogP contribution in [0.2, 0.25) is 0 Å². The first-order valence-corrected chi connectivity index (χ1v) is 3.76. The molecule has 0 aliphatic heterocycles. The third kappa shape index (κ3) is 1.44. The average molecular weight is 194 g/mol. The smallest absolute Gasteiger partial charge is 0.298 e. The maximum Gasteiger partial charge on any atom is 0.353 e. The Morgan fingerprint density at radius 3 is 2.93 bits per heavy atom. The van der Waals surface area contributed by atoms with Crippen molar-refractivity contribution in [2.24, 2.45) is 0 Å².